The lowest BCUT2D eigenvalue weighted by Crippen LogP contribution is -2.58. The van der Waals surface area contributed by atoms with Crippen molar-refractivity contribution in [2.24, 2.45) is 5.41 Å². The normalized spacial score (nSPS) is 18.3. The molecule has 1 unspecified atom stereocenters. The SMILES string of the molecule is Cc1cnccc1NCCNC(=O)CC1C(=O)NCCN1CC(C)(C)C. The second kappa shape index (κ2) is 8.98. The second-order valence-corrected chi connectivity index (χ2v) is 8.01. The Balaban J connectivity index is 1.79. The lowest BCUT2D eigenvalue weighted by Gasteiger charge is -2.38. The van der Waals surface area contributed by atoms with Gasteiger partial charge >= 0.3 is 0 Å². The molecule has 0 aliphatic carbocycles. The highest BCUT2D eigenvalue weighted by atomic mass is 16.2. The van der Waals surface area contributed by atoms with Gasteiger partial charge in [0.25, 0.3) is 0 Å². The van der Waals surface area contributed by atoms with Gasteiger partial charge in [-0.2, -0.15) is 0 Å². The molecule has 0 saturated carbocycles. The summed E-state index contributed by atoms with van der Waals surface area (Å²) in [5, 5.41) is 9.05. The van der Waals surface area contributed by atoms with E-state index in [0.29, 0.717) is 19.6 Å². The van der Waals surface area contributed by atoms with Crippen LogP contribution in [0.1, 0.15) is 32.8 Å². The highest BCUT2D eigenvalue weighted by Gasteiger charge is 2.33. The van der Waals surface area contributed by atoms with E-state index in [4.69, 9.17) is 0 Å². The van der Waals surface area contributed by atoms with E-state index in [9.17, 15) is 9.59 Å². The first-order valence-electron chi connectivity index (χ1n) is 9.19. The molecular formula is C19H31N5O2. The summed E-state index contributed by atoms with van der Waals surface area (Å²) in [5.74, 6) is -0.152. The van der Waals surface area contributed by atoms with Crippen LogP contribution in [-0.2, 0) is 9.59 Å². The van der Waals surface area contributed by atoms with Crippen LogP contribution in [0.4, 0.5) is 5.69 Å². The van der Waals surface area contributed by atoms with E-state index in [1.807, 2.05) is 13.0 Å². The van der Waals surface area contributed by atoms with Crippen LogP contribution in [0.5, 0.6) is 0 Å². The van der Waals surface area contributed by atoms with Crippen molar-refractivity contribution in [3.63, 3.8) is 0 Å². The van der Waals surface area contributed by atoms with E-state index >= 15 is 0 Å². The molecule has 2 amide bonds. The monoisotopic (exact) mass is 361 g/mol. The summed E-state index contributed by atoms with van der Waals surface area (Å²) < 4.78 is 0. The minimum absolute atomic E-state index is 0.0545. The minimum Gasteiger partial charge on any atom is -0.383 e. The summed E-state index contributed by atoms with van der Waals surface area (Å²) in [6.07, 6.45) is 3.72. The predicted octanol–water partition coefficient (Wildman–Crippen LogP) is 1.15. The lowest BCUT2D eigenvalue weighted by molar-refractivity contribution is -0.134. The third-order valence-electron chi connectivity index (χ3n) is 4.28. The number of aryl methyl sites for hydroxylation is 1. The van der Waals surface area contributed by atoms with Gasteiger partial charge in [0.05, 0.1) is 12.5 Å². The maximum Gasteiger partial charge on any atom is 0.237 e. The molecule has 0 bridgehead atoms. The number of amides is 2. The summed E-state index contributed by atoms with van der Waals surface area (Å²) in [6.45, 7) is 11.8. The number of piperazine rings is 1. The molecule has 1 atom stereocenters. The van der Waals surface area contributed by atoms with Gasteiger partial charge in [-0.15, -0.1) is 0 Å². The number of carbonyl (C=O) groups is 2. The molecule has 7 heteroatoms. The zero-order valence-electron chi connectivity index (χ0n) is 16.3. The topological polar surface area (TPSA) is 86.4 Å². The molecule has 1 aromatic heterocycles. The van der Waals surface area contributed by atoms with Gasteiger partial charge in [0, 0.05) is 50.8 Å². The van der Waals surface area contributed by atoms with Crippen molar-refractivity contribution in [1.29, 1.82) is 0 Å². The fraction of sp³-hybridized carbons (Fsp3) is 0.632. The predicted molar refractivity (Wildman–Crippen MR) is 103 cm³/mol. The minimum atomic E-state index is -0.390. The van der Waals surface area contributed by atoms with E-state index in [1.54, 1.807) is 12.4 Å². The molecule has 0 spiro atoms. The van der Waals surface area contributed by atoms with Crippen LogP contribution >= 0.6 is 0 Å². The van der Waals surface area contributed by atoms with Gasteiger partial charge in [0.15, 0.2) is 0 Å². The Labute approximate surface area is 155 Å². The van der Waals surface area contributed by atoms with Crippen molar-refractivity contribution in [1.82, 2.24) is 20.5 Å². The Kier molecular flexibility index (Phi) is 6.97. The van der Waals surface area contributed by atoms with Gasteiger partial charge in [-0.1, -0.05) is 20.8 Å². The number of nitrogens with zero attached hydrogens (tertiary/aromatic N) is 2. The third kappa shape index (κ3) is 6.29. The zero-order chi connectivity index (χ0) is 19.2. The standard InChI is InChI=1S/C19H31N5O2/c1-14-12-20-6-5-15(14)21-7-8-22-17(25)11-16-18(26)23-9-10-24(16)13-19(2,3)4/h5-6,12,16H,7-11,13H2,1-4H3,(H,20,21)(H,22,25)(H,23,26). The first-order chi connectivity index (χ1) is 12.3. The number of anilines is 1. The number of hydrogen-bond donors (Lipinski definition) is 3. The molecule has 1 aliphatic rings. The molecular weight excluding hydrogens is 330 g/mol. The lowest BCUT2D eigenvalue weighted by atomic mass is 9.94. The van der Waals surface area contributed by atoms with Gasteiger partial charge in [-0.3, -0.25) is 19.5 Å². The Hall–Kier alpha value is -2.15. The Morgan fingerprint density at radius 3 is 2.85 bits per heavy atom. The number of nitrogens with one attached hydrogen (secondary N) is 3. The average molecular weight is 361 g/mol. The molecule has 0 aromatic carbocycles. The van der Waals surface area contributed by atoms with Crippen LogP contribution < -0.4 is 16.0 Å². The van der Waals surface area contributed by atoms with E-state index < -0.39 is 6.04 Å². The largest absolute Gasteiger partial charge is 0.383 e. The maximum absolute atomic E-state index is 12.3. The molecule has 0 radical (unpaired) electrons. The van der Waals surface area contributed by atoms with Crippen molar-refractivity contribution in [2.75, 3.05) is 38.0 Å². The van der Waals surface area contributed by atoms with Crippen molar-refractivity contribution in [3.8, 4) is 0 Å². The van der Waals surface area contributed by atoms with Crippen LogP contribution in [0, 0.1) is 12.3 Å². The van der Waals surface area contributed by atoms with E-state index in [-0.39, 0.29) is 23.7 Å². The fourth-order valence-electron chi connectivity index (χ4n) is 3.10. The maximum atomic E-state index is 12.3. The van der Waals surface area contributed by atoms with Gasteiger partial charge < -0.3 is 16.0 Å². The third-order valence-corrected chi connectivity index (χ3v) is 4.28. The smallest absolute Gasteiger partial charge is 0.237 e. The fourth-order valence-corrected chi connectivity index (χ4v) is 3.10. The molecule has 26 heavy (non-hydrogen) atoms. The number of carbonyl (C=O) groups excluding carboxylic acids is 2. The molecule has 2 heterocycles. The Morgan fingerprint density at radius 2 is 2.15 bits per heavy atom. The zero-order valence-corrected chi connectivity index (χ0v) is 16.3. The van der Waals surface area contributed by atoms with Crippen molar-refractivity contribution in [2.45, 2.75) is 40.2 Å². The molecule has 1 aromatic rings. The second-order valence-electron chi connectivity index (χ2n) is 8.01. The average Bonchev–Trinajstić information content (AvgIpc) is 2.55. The highest BCUT2D eigenvalue weighted by molar-refractivity contribution is 5.88. The van der Waals surface area contributed by atoms with Crippen LogP contribution in [0.15, 0.2) is 18.5 Å². The molecule has 1 fully saturated rings. The van der Waals surface area contributed by atoms with Crippen LogP contribution in [0.2, 0.25) is 0 Å². The molecule has 3 N–H and O–H groups in total. The van der Waals surface area contributed by atoms with Gasteiger partial charge in [-0.05, 0) is 24.0 Å². The molecule has 144 valence electrons. The van der Waals surface area contributed by atoms with Gasteiger partial charge in [0.1, 0.15) is 0 Å². The Morgan fingerprint density at radius 1 is 1.38 bits per heavy atom. The Bertz CT molecular complexity index is 627. The van der Waals surface area contributed by atoms with Gasteiger partial charge in [-0.25, -0.2) is 0 Å². The van der Waals surface area contributed by atoms with Gasteiger partial charge in [0.2, 0.25) is 11.8 Å². The van der Waals surface area contributed by atoms with E-state index in [0.717, 1.165) is 24.3 Å². The summed E-state index contributed by atoms with van der Waals surface area (Å²) in [6, 6.07) is 1.52. The van der Waals surface area contributed by atoms with Crippen molar-refractivity contribution in [3.05, 3.63) is 24.0 Å². The summed E-state index contributed by atoms with van der Waals surface area (Å²) in [7, 11) is 0. The van der Waals surface area contributed by atoms with Crippen molar-refractivity contribution >= 4 is 17.5 Å². The van der Waals surface area contributed by atoms with Crippen LogP contribution in [0.25, 0.3) is 0 Å². The number of aromatic nitrogens is 1. The highest BCUT2D eigenvalue weighted by Crippen LogP contribution is 2.19. The number of hydrogen-bond acceptors (Lipinski definition) is 5. The summed E-state index contributed by atoms with van der Waals surface area (Å²) in [5.41, 5.74) is 2.16. The summed E-state index contributed by atoms with van der Waals surface area (Å²) in [4.78, 5) is 30.7. The molecule has 1 saturated heterocycles. The first-order valence-corrected chi connectivity index (χ1v) is 9.19. The number of pyridine rings is 1. The van der Waals surface area contributed by atoms with Crippen LogP contribution in [-0.4, -0.2) is 60.5 Å². The summed E-state index contributed by atoms with van der Waals surface area (Å²) >= 11 is 0. The van der Waals surface area contributed by atoms with Crippen LogP contribution in [0.3, 0.4) is 0 Å². The van der Waals surface area contributed by atoms with Crippen molar-refractivity contribution < 1.29 is 9.59 Å². The van der Waals surface area contributed by atoms with E-state index in [2.05, 4.69) is 46.6 Å². The number of rotatable bonds is 7. The first kappa shape index (κ1) is 20.2. The molecule has 2 rings (SSSR count). The quantitative estimate of drug-likeness (QED) is 0.635. The molecule has 1 aliphatic heterocycles. The molecule has 7 nitrogen and oxygen atoms in total. The van der Waals surface area contributed by atoms with E-state index in [1.165, 1.54) is 0 Å².